The first-order chi connectivity index (χ1) is 8.47. The van der Waals surface area contributed by atoms with Gasteiger partial charge in [-0.2, -0.15) is 0 Å². The fourth-order valence-corrected chi connectivity index (χ4v) is 2.71. The summed E-state index contributed by atoms with van der Waals surface area (Å²) < 4.78 is 0. The largest absolute Gasteiger partial charge is 0.392 e. The molecule has 5 nitrogen and oxygen atoms in total. The molecule has 1 saturated heterocycles. The summed E-state index contributed by atoms with van der Waals surface area (Å²) >= 11 is 0. The molecule has 0 aromatic rings. The second-order valence-electron chi connectivity index (χ2n) is 5.97. The van der Waals surface area contributed by atoms with Gasteiger partial charge in [0.2, 0.25) is 5.91 Å². The van der Waals surface area contributed by atoms with Gasteiger partial charge < -0.3 is 14.9 Å². The summed E-state index contributed by atoms with van der Waals surface area (Å²) in [6, 6.07) is 0.767. The van der Waals surface area contributed by atoms with Crippen LogP contribution < -0.4 is 0 Å². The van der Waals surface area contributed by atoms with Crippen molar-refractivity contribution in [1.82, 2.24) is 14.7 Å². The van der Waals surface area contributed by atoms with Gasteiger partial charge >= 0.3 is 0 Å². The number of amides is 1. The molecule has 18 heavy (non-hydrogen) atoms. The first-order valence-electron chi connectivity index (χ1n) is 6.80. The molecule has 1 aliphatic heterocycles. The molecule has 2 atom stereocenters. The van der Waals surface area contributed by atoms with E-state index in [1.807, 2.05) is 26.0 Å². The minimum Gasteiger partial charge on any atom is -0.392 e. The molecule has 2 unspecified atom stereocenters. The van der Waals surface area contributed by atoms with E-state index in [0.29, 0.717) is 25.2 Å². The van der Waals surface area contributed by atoms with Gasteiger partial charge in [-0.3, -0.25) is 9.69 Å². The molecule has 1 heterocycles. The van der Waals surface area contributed by atoms with E-state index in [4.69, 9.17) is 0 Å². The molecule has 0 spiro atoms. The molecule has 1 N–H and O–H groups in total. The molecule has 0 radical (unpaired) electrons. The van der Waals surface area contributed by atoms with E-state index in [9.17, 15) is 9.90 Å². The van der Waals surface area contributed by atoms with Crippen molar-refractivity contribution in [1.29, 1.82) is 0 Å². The summed E-state index contributed by atoms with van der Waals surface area (Å²) in [4.78, 5) is 18.2. The van der Waals surface area contributed by atoms with Crippen LogP contribution in [0, 0.1) is 0 Å². The van der Waals surface area contributed by atoms with Crippen molar-refractivity contribution in [3.05, 3.63) is 0 Å². The summed E-state index contributed by atoms with van der Waals surface area (Å²) in [6.07, 6.45) is 2.78. The van der Waals surface area contributed by atoms with Crippen LogP contribution in [-0.4, -0.2) is 84.7 Å². The van der Waals surface area contributed by atoms with Crippen molar-refractivity contribution in [2.75, 3.05) is 40.8 Å². The SMILES string of the molecule is CN(C)CC1CC(O)CN1CC(=O)N(C)C1CC1. The van der Waals surface area contributed by atoms with Crippen molar-refractivity contribution in [2.45, 2.75) is 37.5 Å². The molecule has 0 bridgehead atoms. The predicted octanol–water partition coefficient (Wildman–Crippen LogP) is -0.396. The number of carbonyl (C=O) groups is 1. The zero-order valence-electron chi connectivity index (χ0n) is 11.7. The normalized spacial score (nSPS) is 28.9. The molecule has 1 aliphatic carbocycles. The molecule has 0 aromatic carbocycles. The van der Waals surface area contributed by atoms with Crippen LogP contribution in [0.3, 0.4) is 0 Å². The van der Waals surface area contributed by atoms with Gasteiger partial charge in [0, 0.05) is 32.2 Å². The van der Waals surface area contributed by atoms with E-state index in [2.05, 4.69) is 9.80 Å². The number of hydrogen-bond acceptors (Lipinski definition) is 4. The topological polar surface area (TPSA) is 47.0 Å². The van der Waals surface area contributed by atoms with Crippen molar-refractivity contribution < 1.29 is 9.90 Å². The maximum atomic E-state index is 12.1. The average molecular weight is 255 g/mol. The maximum absolute atomic E-state index is 12.1. The third kappa shape index (κ3) is 3.43. The zero-order valence-corrected chi connectivity index (χ0v) is 11.7. The van der Waals surface area contributed by atoms with E-state index in [-0.39, 0.29) is 12.0 Å². The molecule has 104 valence electrons. The lowest BCUT2D eigenvalue weighted by atomic mass is 10.2. The van der Waals surface area contributed by atoms with Gasteiger partial charge in [-0.1, -0.05) is 0 Å². The molecule has 2 rings (SSSR count). The summed E-state index contributed by atoms with van der Waals surface area (Å²) in [5.74, 6) is 0.190. The van der Waals surface area contributed by atoms with Crippen LogP contribution in [0.25, 0.3) is 0 Å². The lowest BCUT2D eigenvalue weighted by Gasteiger charge is -2.28. The summed E-state index contributed by atoms with van der Waals surface area (Å²) in [5.41, 5.74) is 0. The Morgan fingerprint density at radius 3 is 2.56 bits per heavy atom. The number of likely N-dealkylation sites (N-methyl/N-ethyl adjacent to an activating group) is 2. The van der Waals surface area contributed by atoms with Crippen molar-refractivity contribution in [3.63, 3.8) is 0 Å². The smallest absolute Gasteiger partial charge is 0.236 e. The highest BCUT2D eigenvalue weighted by atomic mass is 16.3. The van der Waals surface area contributed by atoms with Crippen LogP contribution in [0.1, 0.15) is 19.3 Å². The molecule has 1 saturated carbocycles. The molecule has 5 heteroatoms. The van der Waals surface area contributed by atoms with Gasteiger partial charge in [-0.05, 0) is 33.4 Å². The highest BCUT2D eigenvalue weighted by Crippen LogP contribution is 2.26. The number of aliphatic hydroxyl groups excluding tert-OH is 1. The van der Waals surface area contributed by atoms with E-state index in [1.165, 1.54) is 0 Å². The lowest BCUT2D eigenvalue weighted by Crippen LogP contribution is -2.44. The third-order valence-electron chi connectivity index (χ3n) is 3.91. The quantitative estimate of drug-likeness (QED) is 0.726. The number of carbonyl (C=O) groups excluding carboxylic acids is 1. The average Bonchev–Trinajstić information content (AvgIpc) is 3.04. The second-order valence-corrected chi connectivity index (χ2v) is 5.97. The monoisotopic (exact) mass is 255 g/mol. The van der Waals surface area contributed by atoms with Gasteiger partial charge in [-0.25, -0.2) is 0 Å². The number of rotatable bonds is 5. The Bertz CT molecular complexity index is 305. The number of aliphatic hydroxyl groups is 1. The van der Waals surface area contributed by atoms with E-state index in [0.717, 1.165) is 25.8 Å². The number of hydrogen-bond donors (Lipinski definition) is 1. The highest BCUT2D eigenvalue weighted by molar-refractivity contribution is 5.78. The van der Waals surface area contributed by atoms with Crippen LogP contribution in [-0.2, 0) is 4.79 Å². The molecular weight excluding hydrogens is 230 g/mol. The van der Waals surface area contributed by atoms with Crippen LogP contribution in [0.15, 0.2) is 0 Å². The maximum Gasteiger partial charge on any atom is 0.236 e. The molecule has 2 aliphatic rings. The highest BCUT2D eigenvalue weighted by Gasteiger charge is 2.35. The van der Waals surface area contributed by atoms with Crippen molar-refractivity contribution >= 4 is 5.91 Å². The number of nitrogens with zero attached hydrogens (tertiary/aromatic N) is 3. The third-order valence-corrected chi connectivity index (χ3v) is 3.91. The van der Waals surface area contributed by atoms with Crippen LogP contribution in [0.4, 0.5) is 0 Å². The molecular formula is C13H25N3O2. The first-order valence-corrected chi connectivity index (χ1v) is 6.80. The Balaban J connectivity index is 1.87. The molecule has 2 fully saturated rings. The van der Waals surface area contributed by atoms with E-state index >= 15 is 0 Å². The first kappa shape index (κ1) is 13.8. The second kappa shape index (κ2) is 5.55. The standard InChI is InChI=1S/C13H25N3O2/c1-14(2)7-11-6-12(17)8-16(11)9-13(18)15(3)10-4-5-10/h10-12,17H,4-9H2,1-3H3. The Kier molecular flexibility index (Phi) is 4.25. The fourth-order valence-electron chi connectivity index (χ4n) is 2.71. The van der Waals surface area contributed by atoms with Crippen LogP contribution >= 0.6 is 0 Å². The van der Waals surface area contributed by atoms with Crippen molar-refractivity contribution in [3.8, 4) is 0 Å². The van der Waals surface area contributed by atoms with Gasteiger partial charge in [0.1, 0.15) is 0 Å². The van der Waals surface area contributed by atoms with Gasteiger partial charge in [-0.15, -0.1) is 0 Å². The van der Waals surface area contributed by atoms with Gasteiger partial charge in [0.15, 0.2) is 0 Å². The van der Waals surface area contributed by atoms with E-state index < -0.39 is 0 Å². The van der Waals surface area contributed by atoms with Crippen LogP contribution in [0.5, 0.6) is 0 Å². The Hall–Kier alpha value is -0.650. The Labute approximate surface area is 109 Å². The predicted molar refractivity (Wildman–Crippen MR) is 70.3 cm³/mol. The van der Waals surface area contributed by atoms with Crippen LogP contribution in [0.2, 0.25) is 0 Å². The zero-order chi connectivity index (χ0) is 13.3. The molecule has 0 aromatic heterocycles. The van der Waals surface area contributed by atoms with Crippen molar-refractivity contribution in [2.24, 2.45) is 0 Å². The van der Waals surface area contributed by atoms with Gasteiger partial charge in [0.25, 0.3) is 0 Å². The summed E-state index contributed by atoms with van der Waals surface area (Å²) in [7, 11) is 5.95. The van der Waals surface area contributed by atoms with E-state index in [1.54, 1.807) is 0 Å². The van der Waals surface area contributed by atoms with Gasteiger partial charge in [0.05, 0.1) is 12.6 Å². The number of β-amino-alcohol motifs (C(OH)–C–C–N with tert-alkyl or cyclic N) is 1. The number of likely N-dealkylation sites (tertiary alicyclic amines) is 1. The molecule has 1 amide bonds. The Morgan fingerprint density at radius 1 is 1.33 bits per heavy atom. The fraction of sp³-hybridized carbons (Fsp3) is 0.923. The summed E-state index contributed by atoms with van der Waals surface area (Å²) in [5, 5.41) is 9.77. The minimum atomic E-state index is -0.283. The Morgan fingerprint density at radius 2 is 2.00 bits per heavy atom. The summed E-state index contributed by atoms with van der Waals surface area (Å²) in [6.45, 7) is 1.98. The lowest BCUT2D eigenvalue weighted by molar-refractivity contribution is -0.131. The minimum absolute atomic E-state index is 0.190.